The second kappa shape index (κ2) is 7.32. The van der Waals surface area contributed by atoms with Crippen LogP contribution in [0.5, 0.6) is 11.5 Å². The second-order valence-corrected chi connectivity index (χ2v) is 7.07. The summed E-state index contributed by atoms with van der Waals surface area (Å²) in [4.78, 5) is 4.26. The number of hydrogen-bond donors (Lipinski definition) is 1. The third-order valence-electron chi connectivity index (χ3n) is 3.12. The van der Waals surface area contributed by atoms with Crippen LogP contribution in [0.15, 0.2) is 47.5 Å². The lowest BCUT2D eigenvalue weighted by Crippen LogP contribution is -2.24. The van der Waals surface area contributed by atoms with Gasteiger partial charge in [-0.2, -0.15) is 0 Å². The van der Waals surface area contributed by atoms with Crippen molar-refractivity contribution in [3.8, 4) is 11.5 Å². The number of sulfone groups is 1. The highest BCUT2D eigenvalue weighted by Gasteiger charge is 2.15. The van der Waals surface area contributed by atoms with Crippen LogP contribution in [0, 0.1) is 0 Å². The van der Waals surface area contributed by atoms with E-state index in [1.807, 2.05) is 31.2 Å². The van der Waals surface area contributed by atoms with Crippen molar-refractivity contribution in [3.05, 3.63) is 42.6 Å². The molecule has 1 unspecified atom stereocenters. The number of hydrogen-bond acceptors (Lipinski definition) is 6. The van der Waals surface area contributed by atoms with E-state index in [1.165, 1.54) is 6.07 Å². The van der Waals surface area contributed by atoms with Gasteiger partial charge >= 0.3 is 0 Å². The van der Waals surface area contributed by atoms with Crippen molar-refractivity contribution in [1.82, 2.24) is 4.98 Å². The minimum absolute atomic E-state index is 0.171. The van der Waals surface area contributed by atoms with Gasteiger partial charge in [0.2, 0.25) is 0 Å². The number of anilines is 1. The molecule has 0 radical (unpaired) electrons. The lowest BCUT2D eigenvalue weighted by Gasteiger charge is -2.18. The van der Waals surface area contributed by atoms with E-state index in [0.717, 1.165) is 6.26 Å². The van der Waals surface area contributed by atoms with Gasteiger partial charge in [-0.05, 0) is 31.2 Å². The molecule has 6 nitrogen and oxygen atoms in total. The van der Waals surface area contributed by atoms with Gasteiger partial charge in [0, 0.05) is 12.5 Å². The zero-order chi connectivity index (χ0) is 16.9. The van der Waals surface area contributed by atoms with Crippen molar-refractivity contribution in [1.29, 1.82) is 0 Å². The van der Waals surface area contributed by atoms with Crippen molar-refractivity contribution in [3.63, 3.8) is 0 Å². The van der Waals surface area contributed by atoms with Crippen LogP contribution in [0.25, 0.3) is 0 Å². The van der Waals surface area contributed by atoms with Gasteiger partial charge in [0.25, 0.3) is 0 Å². The van der Waals surface area contributed by atoms with Crippen molar-refractivity contribution in [2.75, 3.05) is 25.2 Å². The summed E-state index contributed by atoms with van der Waals surface area (Å²) in [6.07, 6.45) is 2.49. The summed E-state index contributed by atoms with van der Waals surface area (Å²) in [5, 5.41) is 3.02. The van der Waals surface area contributed by atoms with Crippen LogP contribution in [0.2, 0.25) is 0 Å². The van der Waals surface area contributed by atoms with Crippen LogP contribution in [-0.2, 0) is 9.84 Å². The minimum Gasteiger partial charge on any atom is -0.493 e. The summed E-state index contributed by atoms with van der Waals surface area (Å²) in [6, 6.07) is 10.5. The molecule has 1 atom stereocenters. The fourth-order valence-corrected chi connectivity index (χ4v) is 2.84. The molecular weight excluding hydrogens is 316 g/mol. The molecule has 0 aliphatic carbocycles. The first-order valence-corrected chi connectivity index (χ1v) is 8.99. The van der Waals surface area contributed by atoms with Crippen LogP contribution in [0.4, 0.5) is 5.82 Å². The van der Waals surface area contributed by atoms with Gasteiger partial charge < -0.3 is 14.8 Å². The molecule has 1 N–H and O–H groups in total. The zero-order valence-corrected chi connectivity index (χ0v) is 14.1. The predicted octanol–water partition coefficient (Wildman–Crippen LogP) is 2.37. The first-order chi connectivity index (χ1) is 10.9. The maximum atomic E-state index is 11.7. The van der Waals surface area contributed by atoms with E-state index >= 15 is 0 Å². The van der Waals surface area contributed by atoms with Crippen LogP contribution < -0.4 is 14.8 Å². The minimum atomic E-state index is -3.34. The lowest BCUT2D eigenvalue weighted by atomic mass is 10.3. The normalized spacial score (nSPS) is 12.5. The monoisotopic (exact) mass is 336 g/mol. The molecular formula is C16H20N2O4S. The zero-order valence-electron chi connectivity index (χ0n) is 13.3. The summed E-state index contributed by atoms with van der Waals surface area (Å²) in [7, 11) is -1.76. The van der Waals surface area contributed by atoms with E-state index in [0.29, 0.717) is 23.9 Å². The van der Waals surface area contributed by atoms with Gasteiger partial charge in [-0.3, -0.25) is 0 Å². The molecule has 1 aromatic heterocycles. The molecule has 0 saturated heterocycles. The van der Waals surface area contributed by atoms with E-state index in [1.54, 1.807) is 19.4 Å². The average Bonchev–Trinajstić information content (AvgIpc) is 2.53. The Hall–Kier alpha value is -2.28. The number of aromatic nitrogens is 1. The summed E-state index contributed by atoms with van der Waals surface area (Å²) in [5.41, 5.74) is 0. The van der Waals surface area contributed by atoms with Crippen molar-refractivity contribution < 1.29 is 17.9 Å². The van der Waals surface area contributed by atoms with Gasteiger partial charge in [-0.1, -0.05) is 12.1 Å². The Balaban J connectivity index is 2.04. The summed E-state index contributed by atoms with van der Waals surface area (Å²) >= 11 is 0. The number of methoxy groups -OCH3 is 1. The van der Waals surface area contributed by atoms with Crippen LogP contribution in [0.1, 0.15) is 6.92 Å². The van der Waals surface area contributed by atoms with E-state index in [9.17, 15) is 8.42 Å². The van der Waals surface area contributed by atoms with Crippen LogP contribution >= 0.6 is 0 Å². The summed E-state index contributed by atoms with van der Waals surface area (Å²) < 4.78 is 34.5. The SMILES string of the molecule is COc1ccccc1OC(C)CNc1ncccc1S(C)(=O)=O. The fraction of sp³-hybridized carbons (Fsp3) is 0.312. The molecule has 0 bridgehead atoms. The molecule has 0 aliphatic heterocycles. The molecule has 2 aromatic rings. The van der Waals surface area contributed by atoms with Gasteiger partial charge in [-0.15, -0.1) is 0 Å². The third kappa shape index (κ3) is 4.59. The number of rotatable bonds is 7. The molecule has 0 saturated carbocycles. The average molecular weight is 336 g/mol. The van der Waals surface area contributed by atoms with E-state index in [-0.39, 0.29) is 11.0 Å². The highest BCUT2D eigenvalue weighted by atomic mass is 32.2. The molecule has 23 heavy (non-hydrogen) atoms. The van der Waals surface area contributed by atoms with Crippen molar-refractivity contribution >= 4 is 15.7 Å². The lowest BCUT2D eigenvalue weighted by molar-refractivity contribution is 0.223. The number of para-hydroxylation sites is 2. The fourth-order valence-electron chi connectivity index (χ4n) is 2.04. The number of ether oxygens (including phenoxy) is 2. The topological polar surface area (TPSA) is 77.5 Å². The van der Waals surface area contributed by atoms with Gasteiger partial charge in [-0.25, -0.2) is 13.4 Å². The quantitative estimate of drug-likeness (QED) is 0.836. The van der Waals surface area contributed by atoms with Gasteiger partial charge in [0.05, 0.1) is 13.7 Å². The molecule has 1 heterocycles. The predicted molar refractivity (Wildman–Crippen MR) is 88.9 cm³/mol. The molecule has 7 heteroatoms. The Morgan fingerprint density at radius 1 is 1.17 bits per heavy atom. The molecule has 0 aliphatic rings. The molecule has 0 fully saturated rings. The first kappa shape index (κ1) is 17.1. The first-order valence-electron chi connectivity index (χ1n) is 7.10. The number of pyridine rings is 1. The van der Waals surface area contributed by atoms with Gasteiger partial charge in [0.15, 0.2) is 21.3 Å². The Morgan fingerprint density at radius 3 is 2.52 bits per heavy atom. The maximum Gasteiger partial charge on any atom is 0.179 e. The summed E-state index contributed by atoms with van der Waals surface area (Å²) in [6.45, 7) is 2.28. The van der Waals surface area contributed by atoms with E-state index in [2.05, 4.69) is 10.3 Å². The largest absolute Gasteiger partial charge is 0.493 e. The molecule has 124 valence electrons. The molecule has 2 rings (SSSR count). The Labute approximate surface area is 136 Å². The van der Waals surface area contributed by atoms with Crippen LogP contribution in [-0.4, -0.2) is 39.4 Å². The van der Waals surface area contributed by atoms with Crippen LogP contribution in [0.3, 0.4) is 0 Å². The van der Waals surface area contributed by atoms with Gasteiger partial charge in [0.1, 0.15) is 16.8 Å². The number of benzene rings is 1. The highest BCUT2D eigenvalue weighted by molar-refractivity contribution is 7.90. The molecule has 0 amide bonds. The smallest absolute Gasteiger partial charge is 0.179 e. The van der Waals surface area contributed by atoms with Crippen molar-refractivity contribution in [2.45, 2.75) is 17.9 Å². The van der Waals surface area contributed by atoms with E-state index in [4.69, 9.17) is 9.47 Å². The maximum absolute atomic E-state index is 11.7. The number of nitrogens with one attached hydrogen (secondary N) is 1. The van der Waals surface area contributed by atoms with Crippen molar-refractivity contribution in [2.24, 2.45) is 0 Å². The third-order valence-corrected chi connectivity index (χ3v) is 4.25. The molecule has 0 spiro atoms. The Kier molecular flexibility index (Phi) is 5.44. The van der Waals surface area contributed by atoms with E-state index < -0.39 is 9.84 Å². The Bertz CT molecular complexity index is 762. The number of nitrogens with zero attached hydrogens (tertiary/aromatic N) is 1. The standard InChI is InChI=1S/C16H20N2O4S/c1-12(22-14-8-5-4-7-13(14)21-2)11-18-16-15(23(3,19)20)9-6-10-17-16/h4-10,12H,11H2,1-3H3,(H,17,18). The molecule has 1 aromatic carbocycles. The second-order valence-electron chi connectivity index (χ2n) is 5.08. The highest BCUT2D eigenvalue weighted by Crippen LogP contribution is 2.27. The summed E-state index contributed by atoms with van der Waals surface area (Å²) in [5.74, 6) is 1.60. The Morgan fingerprint density at radius 2 is 1.87 bits per heavy atom.